The van der Waals surface area contributed by atoms with Crippen LogP contribution in [0.25, 0.3) is 0 Å². The highest BCUT2D eigenvalue weighted by atomic mass is 31.2. The van der Waals surface area contributed by atoms with Crippen LogP contribution in [0.1, 0.15) is 0 Å². The van der Waals surface area contributed by atoms with Crippen molar-refractivity contribution in [1.82, 2.24) is 0 Å². The van der Waals surface area contributed by atoms with Crippen LogP contribution in [0.3, 0.4) is 0 Å². The Balaban J connectivity index is 1.86. The number of phosphoric ester groups is 1. The summed E-state index contributed by atoms with van der Waals surface area (Å²) in [6.07, 6.45) is -41.5. The fraction of sp³-hybridized carbons (Fsp3) is 1.00. The second kappa shape index (κ2) is 13.6. The first-order valence-electron chi connectivity index (χ1n) is 11.7. The fourth-order valence-electron chi connectivity index (χ4n) is 4.02. The van der Waals surface area contributed by atoms with Crippen molar-refractivity contribution < 1.29 is 109 Å². The summed E-state index contributed by atoms with van der Waals surface area (Å²) >= 11 is 0. The molecule has 0 aliphatic carbocycles. The quantitative estimate of drug-likeness (QED) is 0.0828. The highest BCUT2D eigenvalue weighted by Crippen LogP contribution is 2.54. The lowest BCUT2D eigenvalue weighted by Crippen LogP contribution is -2.61. The van der Waals surface area contributed by atoms with Gasteiger partial charge in [0.2, 0.25) is 0 Å². The molecule has 3 heterocycles. The number of hydrogen-bond acceptors (Lipinski definition) is 22. The van der Waals surface area contributed by atoms with Crippen molar-refractivity contribution in [2.75, 3.05) is 0 Å². The van der Waals surface area contributed by atoms with Gasteiger partial charge < -0.3 is 90.8 Å². The lowest BCUT2D eigenvalue weighted by atomic mass is 9.99. The van der Waals surface area contributed by atoms with Gasteiger partial charge in [-0.3, -0.25) is 13.6 Å². The molecule has 23 heteroatoms. The SMILES string of the molecule is O=P(OC(O)[C@@H]1OC(O)[C@H](O)[C@@H](O)[C@H]1O)(OC(O)[C@@H]1OC(O)[C@H](O)[C@@H](O)[C@H]1O)OC(O)[C@@H]1OC(O)[C@H](O)[C@@H](O)[C@H]1O. The Labute approximate surface area is 228 Å². The zero-order valence-corrected chi connectivity index (χ0v) is 21.3. The van der Waals surface area contributed by atoms with Gasteiger partial charge in [0.05, 0.1) is 0 Å². The molecular weight excluding hydrogens is 599 g/mol. The minimum Gasteiger partial charge on any atom is -0.387 e. The summed E-state index contributed by atoms with van der Waals surface area (Å²) in [5.41, 5.74) is 0. The van der Waals surface area contributed by atoms with Crippen molar-refractivity contribution in [2.45, 2.75) is 111 Å². The van der Waals surface area contributed by atoms with E-state index in [1.54, 1.807) is 0 Å². The molecule has 0 aromatic heterocycles. The van der Waals surface area contributed by atoms with E-state index in [9.17, 15) is 81.2 Å². The van der Waals surface area contributed by atoms with E-state index in [4.69, 9.17) is 14.2 Å². The van der Waals surface area contributed by atoms with Crippen molar-refractivity contribution in [1.29, 1.82) is 0 Å². The maximum Gasteiger partial charge on any atom is 0.482 e. The van der Waals surface area contributed by atoms with E-state index in [2.05, 4.69) is 13.6 Å². The molecule has 0 spiro atoms. The van der Waals surface area contributed by atoms with Gasteiger partial charge in [-0.1, -0.05) is 0 Å². The average Bonchev–Trinajstić information content (AvgIpc) is 2.90. The van der Waals surface area contributed by atoms with Crippen LogP contribution in [0.5, 0.6) is 0 Å². The summed E-state index contributed by atoms with van der Waals surface area (Å²) in [7, 11) is -5.83. The van der Waals surface area contributed by atoms with Crippen molar-refractivity contribution >= 4 is 7.82 Å². The Morgan fingerprint density at radius 3 is 0.854 bits per heavy atom. The molecular formula is C18H33O22P. The predicted molar refractivity (Wildman–Crippen MR) is 116 cm³/mol. The van der Waals surface area contributed by atoms with Crippen LogP contribution in [0, 0.1) is 0 Å². The van der Waals surface area contributed by atoms with Gasteiger partial charge in [-0.15, -0.1) is 0 Å². The summed E-state index contributed by atoms with van der Waals surface area (Å²) in [6.45, 7) is 0. The largest absolute Gasteiger partial charge is 0.482 e. The molecule has 3 rings (SSSR count). The lowest BCUT2D eigenvalue weighted by Gasteiger charge is -2.42. The van der Waals surface area contributed by atoms with Gasteiger partial charge in [-0.05, 0) is 0 Å². The van der Waals surface area contributed by atoms with Crippen LogP contribution >= 0.6 is 7.82 Å². The van der Waals surface area contributed by atoms with Gasteiger partial charge in [-0.2, -0.15) is 0 Å². The molecule has 3 aliphatic rings. The third-order valence-electron chi connectivity index (χ3n) is 6.43. The highest BCUT2D eigenvalue weighted by molar-refractivity contribution is 7.48. The van der Waals surface area contributed by atoms with E-state index in [1.165, 1.54) is 0 Å². The van der Waals surface area contributed by atoms with Gasteiger partial charge >= 0.3 is 7.82 Å². The van der Waals surface area contributed by atoms with Crippen LogP contribution in [0.2, 0.25) is 0 Å². The molecule has 18 atom stereocenters. The van der Waals surface area contributed by atoms with E-state index in [1.807, 2.05) is 0 Å². The molecule has 22 nitrogen and oxygen atoms in total. The fourth-order valence-corrected chi connectivity index (χ4v) is 5.32. The molecule has 0 radical (unpaired) electrons. The number of phosphoric acid groups is 1. The van der Waals surface area contributed by atoms with E-state index in [-0.39, 0.29) is 0 Å². The summed E-state index contributed by atoms with van der Waals surface area (Å²) in [6, 6.07) is 0. The Hall–Kier alpha value is -0.610. The molecule has 0 aromatic carbocycles. The molecule has 0 aromatic rings. The summed E-state index contributed by atoms with van der Waals surface area (Å²) in [5, 5.41) is 149. The molecule has 0 amide bonds. The Morgan fingerprint density at radius 2 is 0.634 bits per heavy atom. The van der Waals surface area contributed by atoms with E-state index in [0.717, 1.165) is 0 Å². The third-order valence-corrected chi connectivity index (χ3v) is 7.85. The number of hydrogen-bond donors (Lipinski definition) is 15. The van der Waals surface area contributed by atoms with Crippen molar-refractivity contribution in [3.8, 4) is 0 Å². The van der Waals surface area contributed by atoms with E-state index >= 15 is 0 Å². The number of ether oxygens (including phenoxy) is 3. The zero-order valence-electron chi connectivity index (χ0n) is 20.4. The molecule has 41 heavy (non-hydrogen) atoms. The normalized spacial score (nSPS) is 49.6. The summed E-state index contributed by atoms with van der Waals surface area (Å²) in [4.78, 5) is 0. The van der Waals surface area contributed by atoms with Gasteiger partial charge in [0.1, 0.15) is 73.2 Å². The van der Waals surface area contributed by atoms with Crippen LogP contribution in [-0.4, -0.2) is 188 Å². The minimum absolute atomic E-state index is 2.09. The highest BCUT2D eigenvalue weighted by Gasteiger charge is 2.54. The maximum atomic E-state index is 13.5. The monoisotopic (exact) mass is 632 g/mol. The predicted octanol–water partition coefficient (Wildman–Crippen LogP) is -9.50. The van der Waals surface area contributed by atoms with Crippen LogP contribution in [0.4, 0.5) is 0 Å². The maximum absolute atomic E-state index is 13.5. The molecule has 242 valence electrons. The molecule has 3 aliphatic heterocycles. The van der Waals surface area contributed by atoms with Crippen molar-refractivity contribution in [2.24, 2.45) is 0 Å². The second-order valence-corrected chi connectivity index (χ2v) is 10.9. The second-order valence-electron chi connectivity index (χ2n) is 9.32. The van der Waals surface area contributed by atoms with E-state index < -0.39 is 119 Å². The molecule has 3 fully saturated rings. The Kier molecular flexibility index (Phi) is 11.5. The average molecular weight is 632 g/mol. The van der Waals surface area contributed by atoms with Crippen LogP contribution in [-0.2, 0) is 32.3 Å². The van der Waals surface area contributed by atoms with Gasteiger partial charge in [0, 0.05) is 0 Å². The van der Waals surface area contributed by atoms with Crippen LogP contribution < -0.4 is 0 Å². The third kappa shape index (κ3) is 7.38. The first-order chi connectivity index (χ1) is 18.9. The molecule has 0 saturated carbocycles. The first kappa shape index (κ1) is 34.9. The van der Waals surface area contributed by atoms with Crippen molar-refractivity contribution in [3.63, 3.8) is 0 Å². The number of aliphatic hydroxyl groups excluding tert-OH is 15. The lowest BCUT2D eigenvalue weighted by molar-refractivity contribution is -0.328. The number of aliphatic hydroxyl groups is 15. The van der Waals surface area contributed by atoms with Crippen LogP contribution in [0.15, 0.2) is 0 Å². The summed E-state index contributed by atoms with van der Waals surface area (Å²) in [5.74, 6) is 0. The molecule has 6 unspecified atom stereocenters. The first-order valence-corrected chi connectivity index (χ1v) is 13.2. The molecule has 3 saturated heterocycles. The minimum atomic E-state index is -5.83. The summed E-state index contributed by atoms with van der Waals surface area (Å²) < 4.78 is 41.5. The number of rotatable bonds is 9. The van der Waals surface area contributed by atoms with Gasteiger partial charge in [-0.25, -0.2) is 4.57 Å². The molecule has 15 N–H and O–H groups in total. The zero-order chi connectivity index (χ0) is 31.1. The smallest absolute Gasteiger partial charge is 0.387 e. The molecule has 0 bridgehead atoms. The topological polar surface area (TPSA) is 376 Å². The standard InChI is InChI=1S/C18H33O22P/c19-1-4(22)10(35-13(28)7(1)25)16(31)38-41(34,39-17(32)11-5(23)2(20)8(26)14(29)36-11)40-18(33)12-6(24)3(21)9(27)15(30)37-12/h1-33H/t1-,2-,3-,4+,5+,6+,7+,8+,9+,10+,11+,12+,13?,14?,15?,16?,17?,18?,41?/m0/s1. The van der Waals surface area contributed by atoms with Crippen molar-refractivity contribution in [3.05, 3.63) is 0 Å². The Bertz CT molecular complexity index is 789. The van der Waals surface area contributed by atoms with Gasteiger partial charge in [0.15, 0.2) is 37.7 Å². The van der Waals surface area contributed by atoms with E-state index in [0.29, 0.717) is 0 Å². The van der Waals surface area contributed by atoms with Gasteiger partial charge in [0.25, 0.3) is 0 Å². The Morgan fingerprint density at radius 1 is 0.415 bits per heavy atom.